The van der Waals surface area contributed by atoms with Crippen LogP contribution in [0.15, 0.2) is 12.4 Å². The molecule has 2 rings (SSSR count). The van der Waals surface area contributed by atoms with Crippen molar-refractivity contribution in [3.8, 4) is 0 Å². The minimum atomic E-state index is 0.204. The lowest BCUT2D eigenvalue weighted by Crippen LogP contribution is -2.31. The largest absolute Gasteiger partial charge is 0.380 e. The van der Waals surface area contributed by atoms with E-state index >= 15 is 0 Å². The van der Waals surface area contributed by atoms with E-state index in [-0.39, 0.29) is 6.04 Å². The van der Waals surface area contributed by atoms with E-state index in [0.29, 0.717) is 19.1 Å². The van der Waals surface area contributed by atoms with E-state index in [9.17, 15) is 0 Å². The van der Waals surface area contributed by atoms with Crippen molar-refractivity contribution < 1.29 is 4.74 Å². The molecule has 0 spiro atoms. The number of nitrogens with zero attached hydrogens (tertiary/aromatic N) is 4. The molecular formula is C13H21N5O. The Bertz CT molecular complexity index is 537. The van der Waals surface area contributed by atoms with E-state index in [1.807, 2.05) is 24.4 Å². The van der Waals surface area contributed by atoms with E-state index in [0.717, 1.165) is 17.3 Å². The van der Waals surface area contributed by atoms with Gasteiger partial charge in [-0.1, -0.05) is 13.8 Å². The Morgan fingerprint density at radius 1 is 1.37 bits per heavy atom. The molecule has 1 unspecified atom stereocenters. The second kappa shape index (κ2) is 5.97. The van der Waals surface area contributed by atoms with Crippen molar-refractivity contribution in [2.45, 2.75) is 33.7 Å². The van der Waals surface area contributed by atoms with Gasteiger partial charge in [-0.2, -0.15) is 0 Å². The Morgan fingerprint density at radius 2 is 2.16 bits per heavy atom. The van der Waals surface area contributed by atoms with Crippen molar-refractivity contribution >= 4 is 11.5 Å². The molecular weight excluding hydrogens is 242 g/mol. The Kier molecular flexibility index (Phi) is 4.31. The molecule has 0 aliphatic heterocycles. The van der Waals surface area contributed by atoms with Crippen molar-refractivity contribution in [3.05, 3.63) is 18.2 Å². The molecule has 0 aliphatic rings. The molecule has 0 amide bonds. The summed E-state index contributed by atoms with van der Waals surface area (Å²) in [5.41, 5.74) is 0.752. The summed E-state index contributed by atoms with van der Waals surface area (Å²) in [5, 5.41) is 11.6. The molecule has 6 nitrogen and oxygen atoms in total. The summed E-state index contributed by atoms with van der Waals surface area (Å²) in [6, 6.07) is 0.204. The summed E-state index contributed by atoms with van der Waals surface area (Å²) in [7, 11) is 0. The van der Waals surface area contributed by atoms with Gasteiger partial charge in [0.2, 0.25) is 5.65 Å². The van der Waals surface area contributed by atoms with Crippen LogP contribution in [0, 0.1) is 12.8 Å². The van der Waals surface area contributed by atoms with Gasteiger partial charge in [0, 0.05) is 19.0 Å². The number of aromatic nitrogens is 4. The Labute approximate surface area is 113 Å². The molecule has 104 valence electrons. The van der Waals surface area contributed by atoms with Gasteiger partial charge >= 0.3 is 0 Å². The average molecular weight is 263 g/mol. The molecule has 6 heteroatoms. The molecule has 0 saturated heterocycles. The maximum absolute atomic E-state index is 5.51. The van der Waals surface area contributed by atoms with E-state index < -0.39 is 0 Å². The third-order valence-corrected chi connectivity index (χ3v) is 3.13. The van der Waals surface area contributed by atoms with Gasteiger partial charge < -0.3 is 10.1 Å². The molecule has 1 atom stereocenters. The van der Waals surface area contributed by atoms with Crippen LogP contribution in [0.3, 0.4) is 0 Å². The van der Waals surface area contributed by atoms with Crippen LogP contribution in [0.4, 0.5) is 5.82 Å². The summed E-state index contributed by atoms with van der Waals surface area (Å²) >= 11 is 0. The fourth-order valence-electron chi connectivity index (χ4n) is 1.86. The summed E-state index contributed by atoms with van der Waals surface area (Å²) < 4.78 is 7.44. The average Bonchev–Trinajstić information content (AvgIpc) is 2.77. The quantitative estimate of drug-likeness (QED) is 0.862. The van der Waals surface area contributed by atoms with Crippen LogP contribution >= 0.6 is 0 Å². The predicted molar refractivity (Wildman–Crippen MR) is 74.3 cm³/mol. The lowest BCUT2D eigenvalue weighted by atomic mass is 10.1. The van der Waals surface area contributed by atoms with E-state index in [4.69, 9.17) is 4.74 Å². The van der Waals surface area contributed by atoms with Gasteiger partial charge in [-0.15, -0.1) is 10.2 Å². The summed E-state index contributed by atoms with van der Waals surface area (Å²) in [6.07, 6.45) is 3.62. The third kappa shape index (κ3) is 3.01. The van der Waals surface area contributed by atoms with Crippen LogP contribution < -0.4 is 5.32 Å². The van der Waals surface area contributed by atoms with Crippen LogP contribution in [0.1, 0.15) is 26.6 Å². The predicted octanol–water partition coefficient (Wildman–Crippen LogP) is 1.91. The molecule has 0 bridgehead atoms. The van der Waals surface area contributed by atoms with E-state index in [1.54, 1.807) is 6.20 Å². The zero-order chi connectivity index (χ0) is 13.8. The monoisotopic (exact) mass is 263 g/mol. The van der Waals surface area contributed by atoms with Crippen LogP contribution in [-0.2, 0) is 4.74 Å². The van der Waals surface area contributed by atoms with Crippen molar-refractivity contribution in [2.24, 2.45) is 5.92 Å². The molecule has 2 aromatic heterocycles. The summed E-state index contributed by atoms with van der Waals surface area (Å²) in [6.45, 7) is 9.61. The van der Waals surface area contributed by atoms with Gasteiger partial charge in [0.15, 0.2) is 5.82 Å². The zero-order valence-corrected chi connectivity index (χ0v) is 11.9. The highest BCUT2D eigenvalue weighted by molar-refractivity contribution is 5.62. The normalized spacial score (nSPS) is 13.1. The van der Waals surface area contributed by atoms with Crippen molar-refractivity contribution in [2.75, 3.05) is 18.5 Å². The minimum Gasteiger partial charge on any atom is -0.380 e. The van der Waals surface area contributed by atoms with Crippen LogP contribution in [0.5, 0.6) is 0 Å². The Morgan fingerprint density at radius 3 is 2.84 bits per heavy atom. The number of anilines is 1. The number of rotatable bonds is 6. The zero-order valence-electron chi connectivity index (χ0n) is 11.9. The van der Waals surface area contributed by atoms with Gasteiger partial charge in [0.1, 0.15) is 5.82 Å². The second-order valence-corrected chi connectivity index (χ2v) is 4.87. The SMILES string of the molecule is CCOCC(Nc1nccn2c(C)nnc12)C(C)C. The van der Waals surface area contributed by atoms with Crippen molar-refractivity contribution in [3.63, 3.8) is 0 Å². The molecule has 19 heavy (non-hydrogen) atoms. The first-order valence-corrected chi connectivity index (χ1v) is 6.64. The molecule has 0 saturated carbocycles. The lowest BCUT2D eigenvalue weighted by Gasteiger charge is -2.22. The number of aryl methyl sites for hydroxylation is 1. The summed E-state index contributed by atoms with van der Waals surface area (Å²) in [5.74, 6) is 2.05. The van der Waals surface area contributed by atoms with Crippen molar-refractivity contribution in [1.82, 2.24) is 19.6 Å². The van der Waals surface area contributed by atoms with Crippen molar-refractivity contribution in [1.29, 1.82) is 0 Å². The van der Waals surface area contributed by atoms with Crippen LogP contribution in [0.2, 0.25) is 0 Å². The van der Waals surface area contributed by atoms with Gasteiger partial charge in [-0.05, 0) is 19.8 Å². The van der Waals surface area contributed by atoms with E-state index in [1.165, 1.54) is 0 Å². The topological polar surface area (TPSA) is 64.3 Å². The van der Waals surface area contributed by atoms with E-state index in [2.05, 4.69) is 34.3 Å². The number of fused-ring (bicyclic) bond motifs is 1. The van der Waals surface area contributed by atoms with Crippen LogP contribution in [0.25, 0.3) is 5.65 Å². The Hall–Kier alpha value is -1.69. The summed E-state index contributed by atoms with van der Waals surface area (Å²) in [4.78, 5) is 4.36. The highest BCUT2D eigenvalue weighted by Crippen LogP contribution is 2.16. The van der Waals surface area contributed by atoms with Gasteiger partial charge in [-0.25, -0.2) is 4.98 Å². The number of hydrogen-bond acceptors (Lipinski definition) is 5. The van der Waals surface area contributed by atoms with Gasteiger partial charge in [0.05, 0.1) is 12.6 Å². The highest BCUT2D eigenvalue weighted by Gasteiger charge is 2.16. The van der Waals surface area contributed by atoms with Gasteiger partial charge in [0.25, 0.3) is 0 Å². The van der Waals surface area contributed by atoms with Gasteiger partial charge in [-0.3, -0.25) is 4.40 Å². The fourth-order valence-corrected chi connectivity index (χ4v) is 1.86. The molecule has 0 aliphatic carbocycles. The highest BCUT2D eigenvalue weighted by atomic mass is 16.5. The lowest BCUT2D eigenvalue weighted by molar-refractivity contribution is 0.126. The first-order valence-electron chi connectivity index (χ1n) is 6.64. The molecule has 0 aromatic carbocycles. The number of nitrogens with one attached hydrogen (secondary N) is 1. The maximum atomic E-state index is 5.51. The first kappa shape index (κ1) is 13.7. The second-order valence-electron chi connectivity index (χ2n) is 4.87. The molecule has 2 heterocycles. The smallest absolute Gasteiger partial charge is 0.203 e. The fraction of sp³-hybridized carbons (Fsp3) is 0.615. The molecule has 1 N–H and O–H groups in total. The number of ether oxygens (including phenoxy) is 1. The standard InChI is InChI=1S/C13H21N5O/c1-5-19-8-11(9(2)3)15-12-13-17-16-10(4)18(13)7-6-14-12/h6-7,9,11H,5,8H2,1-4H3,(H,14,15). The molecule has 0 radical (unpaired) electrons. The van der Waals surface area contributed by atoms with Crippen LogP contribution in [-0.4, -0.2) is 38.8 Å². The molecule has 2 aromatic rings. The first-order chi connectivity index (χ1) is 9.13. The number of hydrogen-bond donors (Lipinski definition) is 1. The minimum absolute atomic E-state index is 0.204. The third-order valence-electron chi connectivity index (χ3n) is 3.13. The molecule has 0 fully saturated rings. The Balaban J connectivity index is 2.23. The maximum Gasteiger partial charge on any atom is 0.203 e.